The molecule has 0 bridgehead atoms. The number of thiophene rings is 1. The Morgan fingerprint density at radius 1 is 1.47 bits per heavy atom. The van der Waals surface area contributed by atoms with E-state index in [-0.39, 0.29) is 16.7 Å². The maximum atomic E-state index is 11.8. The first-order valence-corrected chi connectivity index (χ1v) is 7.10. The molecule has 0 spiro atoms. The lowest BCUT2D eigenvalue weighted by molar-refractivity contribution is -0.122. The Morgan fingerprint density at radius 3 is 2.65 bits per heavy atom. The van der Waals surface area contributed by atoms with Gasteiger partial charge in [-0.15, -0.1) is 11.3 Å². The lowest BCUT2D eigenvalue weighted by atomic mass is 9.92. The van der Waals surface area contributed by atoms with Crippen LogP contribution in [0, 0.1) is 5.41 Å². The van der Waals surface area contributed by atoms with Crippen molar-refractivity contribution in [3.8, 4) is 0 Å². The largest absolute Gasteiger partial charge is 0.355 e. The number of rotatable bonds is 4. The third kappa shape index (κ3) is 3.32. The summed E-state index contributed by atoms with van der Waals surface area (Å²) in [7, 11) is 0. The first-order chi connectivity index (χ1) is 7.91. The molecule has 1 aliphatic carbocycles. The van der Waals surface area contributed by atoms with Crippen LogP contribution in [0.5, 0.6) is 0 Å². The van der Waals surface area contributed by atoms with Gasteiger partial charge in [0.05, 0.1) is 0 Å². The van der Waals surface area contributed by atoms with Gasteiger partial charge in [-0.05, 0) is 29.7 Å². The van der Waals surface area contributed by atoms with E-state index in [9.17, 15) is 4.79 Å². The van der Waals surface area contributed by atoms with Gasteiger partial charge in [0.15, 0.2) is 0 Å². The van der Waals surface area contributed by atoms with Gasteiger partial charge < -0.3 is 5.32 Å². The van der Waals surface area contributed by atoms with Crippen LogP contribution in [0.2, 0.25) is 0 Å². The highest BCUT2D eigenvalue weighted by molar-refractivity contribution is 7.10. The van der Waals surface area contributed by atoms with Crippen LogP contribution in [-0.4, -0.2) is 12.5 Å². The molecule has 0 radical (unpaired) electrons. The third-order valence-electron chi connectivity index (χ3n) is 3.21. The Morgan fingerprint density at radius 2 is 2.18 bits per heavy atom. The summed E-state index contributed by atoms with van der Waals surface area (Å²) in [6.45, 7) is 7.10. The van der Waals surface area contributed by atoms with E-state index in [1.165, 1.54) is 17.7 Å². The number of hydrogen-bond donors (Lipinski definition) is 1. The van der Waals surface area contributed by atoms with Crippen molar-refractivity contribution in [2.45, 2.75) is 45.4 Å². The molecule has 3 heteroatoms. The summed E-state index contributed by atoms with van der Waals surface area (Å²) < 4.78 is 0. The smallest absolute Gasteiger partial charge is 0.220 e. The highest BCUT2D eigenvalue weighted by Crippen LogP contribution is 2.49. The van der Waals surface area contributed by atoms with Crippen molar-refractivity contribution >= 4 is 17.2 Å². The monoisotopic (exact) mass is 251 g/mol. The third-order valence-corrected chi connectivity index (χ3v) is 4.33. The molecule has 0 atom stereocenters. The van der Waals surface area contributed by atoms with E-state index in [2.05, 4.69) is 43.6 Å². The van der Waals surface area contributed by atoms with Crippen LogP contribution in [0.15, 0.2) is 17.5 Å². The van der Waals surface area contributed by atoms with Gasteiger partial charge in [-0.2, -0.15) is 0 Å². The fourth-order valence-electron chi connectivity index (χ4n) is 2.05. The lowest BCUT2D eigenvalue weighted by Gasteiger charge is -2.19. The van der Waals surface area contributed by atoms with E-state index in [4.69, 9.17) is 0 Å². The molecule has 17 heavy (non-hydrogen) atoms. The number of amides is 1. The summed E-state index contributed by atoms with van der Waals surface area (Å²) in [5.41, 5.74) is 0.339. The molecule has 0 saturated heterocycles. The van der Waals surface area contributed by atoms with E-state index >= 15 is 0 Å². The average Bonchev–Trinajstić information content (AvgIpc) is 2.78. The molecule has 2 nitrogen and oxygen atoms in total. The van der Waals surface area contributed by atoms with Gasteiger partial charge in [0.1, 0.15) is 0 Å². The van der Waals surface area contributed by atoms with Crippen molar-refractivity contribution in [2.24, 2.45) is 5.41 Å². The fourth-order valence-corrected chi connectivity index (χ4v) is 3.04. The van der Waals surface area contributed by atoms with Crippen LogP contribution in [0.25, 0.3) is 0 Å². The first kappa shape index (κ1) is 12.6. The summed E-state index contributed by atoms with van der Waals surface area (Å²) >= 11 is 1.81. The van der Waals surface area contributed by atoms with Gasteiger partial charge in [0.2, 0.25) is 5.91 Å². The molecule has 1 saturated carbocycles. The van der Waals surface area contributed by atoms with Gasteiger partial charge in [-0.1, -0.05) is 26.8 Å². The summed E-state index contributed by atoms with van der Waals surface area (Å²) in [6, 6.07) is 4.28. The average molecular weight is 251 g/mol. The first-order valence-electron chi connectivity index (χ1n) is 6.22. The minimum Gasteiger partial charge on any atom is -0.355 e. The Balaban J connectivity index is 1.85. The van der Waals surface area contributed by atoms with Crippen molar-refractivity contribution < 1.29 is 4.79 Å². The van der Waals surface area contributed by atoms with Gasteiger partial charge in [-0.3, -0.25) is 4.79 Å². The molecule has 1 aromatic rings. The molecule has 1 aromatic heterocycles. The molecular formula is C14H21NOS. The summed E-state index contributed by atoms with van der Waals surface area (Å²) in [5.74, 6) is 0.181. The quantitative estimate of drug-likeness (QED) is 0.873. The van der Waals surface area contributed by atoms with Crippen LogP contribution in [0.4, 0.5) is 0 Å². The van der Waals surface area contributed by atoms with Crippen molar-refractivity contribution in [2.75, 3.05) is 6.54 Å². The highest BCUT2D eigenvalue weighted by atomic mass is 32.1. The van der Waals surface area contributed by atoms with Gasteiger partial charge in [-0.25, -0.2) is 0 Å². The number of hydrogen-bond acceptors (Lipinski definition) is 2. The van der Waals surface area contributed by atoms with Gasteiger partial charge in [0, 0.05) is 23.3 Å². The lowest BCUT2D eigenvalue weighted by Crippen LogP contribution is -2.33. The summed E-state index contributed by atoms with van der Waals surface area (Å²) in [6.07, 6.45) is 3.03. The topological polar surface area (TPSA) is 29.1 Å². The molecule has 1 aliphatic rings. The summed E-state index contributed by atoms with van der Waals surface area (Å²) in [4.78, 5) is 13.2. The van der Waals surface area contributed by atoms with E-state index in [0.717, 1.165) is 6.54 Å². The Labute approximate surface area is 107 Å². The highest BCUT2D eigenvalue weighted by Gasteiger charge is 2.45. The molecule has 1 amide bonds. The fraction of sp³-hybridized carbons (Fsp3) is 0.643. The molecule has 0 unspecified atom stereocenters. The SMILES string of the molecule is CC(C)(C)CC(=O)NCC1(c2cccs2)CC1. The predicted molar refractivity (Wildman–Crippen MR) is 72.3 cm³/mol. The van der Waals surface area contributed by atoms with E-state index in [0.29, 0.717) is 6.42 Å². The number of carbonyl (C=O) groups excluding carboxylic acids is 1. The second kappa shape index (κ2) is 4.45. The van der Waals surface area contributed by atoms with Crippen LogP contribution >= 0.6 is 11.3 Å². The zero-order valence-corrected chi connectivity index (χ0v) is 11.7. The van der Waals surface area contributed by atoms with Crippen LogP contribution < -0.4 is 5.32 Å². The summed E-state index contributed by atoms with van der Waals surface area (Å²) in [5, 5.41) is 5.22. The van der Waals surface area contributed by atoms with Crippen LogP contribution in [0.3, 0.4) is 0 Å². The second-order valence-electron chi connectivity index (χ2n) is 6.27. The minimum atomic E-state index is 0.0731. The molecule has 0 aromatic carbocycles. The molecule has 0 aliphatic heterocycles. The zero-order chi connectivity index (χ0) is 12.5. The molecule has 2 rings (SSSR count). The van der Waals surface area contributed by atoms with Crippen LogP contribution in [0.1, 0.15) is 44.9 Å². The van der Waals surface area contributed by atoms with E-state index in [1.807, 2.05) is 0 Å². The maximum Gasteiger partial charge on any atom is 0.220 e. The van der Waals surface area contributed by atoms with Crippen molar-refractivity contribution in [3.05, 3.63) is 22.4 Å². The predicted octanol–water partition coefficient (Wildman–Crippen LogP) is 3.33. The van der Waals surface area contributed by atoms with Crippen molar-refractivity contribution in [3.63, 3.8) is 0 Å². The van der Waals surface area contributed by atoms with Gasteiger partial charge in [0.25, 0.3) is 0 Å². The van der Waals surface area contributed by atoms with E-state index in [1.54, 1.807) is 11.3 Å². The van der Waals surface area contributed by atoms with Gasteiger partial charge >= 0.3 is 0 Å². The van der Waals surface area contributed by atoms with Crippen molar-refractivity contribution in [1.82, 2.24) is 5.32 Å². The molecular weight excluding hydrogens is 230 g/mol. The molecule has 1 fully saturated rings. The molecule has 1 N–H and O–H groups in total. The number of carbonyl (C=O) groups is 1. The number of nitrogens with one attached hydrogen (secondary N) is 1. The maximum absolute atomic E-state index is 11.8. The standard InChI is InChI=1S/C14H21NOS/c1-13(2,3)9-12(16)15-10-14(6-7-14)11-5-4-8-17-11/h4-5,8H,6-7,9-10H2,1-3H3,(H,15,16). The van der Waals surface area contributed by atoms with E-state index < -0.39 is 0 Å². The van der Waals surface area contributed by atoms with Crippen molar-refractivity contribution in [1.29, 1.82) is 0 Å². The Kier molecular flexibility index (Phi) is 3.30. The zero-order valence-electron chi connectivity index (χ0n) is 10.9. The molecule has 94 valence electrons. The van der Waals surface area contributed by atoms with Crippen LogP contribution in [-0.2, 0) is 10.2 Å². The normalized spacial score (nSPS) is 17.8. The Hall–Kier alpha value is -0.830. The Bertz CT molecular complexity index is 385. The molecule has 1 heterocycles. The minimum absolute atomic E-state index is 0.0731. The second-order valence-corrected chi connectivity index (χ2v) is 7.22.